The molecular formula is C14H10BrClN2S. The molecule has 0 atom stereocenters. The van der Waals surface area contributed by atoms with Gasteiger partial charge in [0.05, 0.1) is 10.2 Å². The number of aryl methyl sites for hydroxylation is 1. The van der Waals surface area contributed by atoms with Gasteiger partial charge in [-0.15, -0.1) is 0 Å². The number of nitrogens with zero attached hydrogens (tertiary/aromatic N) is 1. The summed E-state index contributed by atoms with van der Waals surface area (Å²) in [6.07, 6.45) is 0. The first-order valence-corrected chi connectivity index (χ1v) is 7.70. The number of rotatable bonds is 2. The van der Waals surface area contributed by atoms with Gasteiger partial charge >= 0.3 is 0 Å². The maximum atomic E-state index is 6.02. The number of hydrogen-bond acceptors (Lipinski definition) is 3. The van der Waals surface area contributed by atoms with Crippen LogP contribution in [0.15, 0.2) is 40.9 Å². The van der Waals surface area contributed by atoms with Crippen LogP contribution in [0.2, 0.25) is 5.02 Å². The average Bonchev–Trinajstić information content (AvgIpc) is 2.75. The van der Waals surface area contributed by atoms with E-state index in [-0.39, 0.29) is 0 Å². The van der Waals surface area contributed by atoms with E-state index in [1.165, 1.54) is 0 Å². The number of hydrogen-bond donors (Lipinski definition) is 1. The van der Waals surface area contributed by atoms with Crippen molar-refractivity contribution in [1.82, 2.24) is 4.98 Å². The summed E-state index contributed by atoms with van der Waals surface area (Å²) in [7, 11) is 0. The molecule has 2 aromatic carbocycles. The van der Waals surface area contributed by atoms with Gasteiger partial charge in [-0.05, 0) is 42.8 Å². The molecule has 96 valence electrons. The van der Waals surface area contributed by atoms with Crippen LogP contribution in [0, 0.1) is 6.92 Å². The third kappa shape index (κ3) is 2.76. The minimum Gasteiger partial charge on any atom is -0.331 e. The van der Waals surface area contributed by atoms with Gasteiger partial charge in [0.15, 0.2) is 5.13 Å². The Bertz CT molecular complexity index is 754. The lowest BCUT2D eigenvalue weighted by atomic mass is 10.2. The van der Waals surface area contributed by atoms with Crippen LogP contribution in [0.1, 0.15) is 5.56 Å². The van der Waals surface area contributed by atoms with Crippen molar-refractivity contribution in [3.8, 4) is 0 Å². The Morgan fingerprint density at radius 1 is 1.21 bits per heavy atom. The molecule has 1 N–H and O–H groups in total. The van der Waals surface area contributed by atoms with Gasteiger partial charge in [-0.25, -0.2) is 4.98 Å². The molecule has 0 spiro atoms. The Labute approximate surface area is 128 Å². The minimum absolute atomic E-state index is 0.719. The van der Waals surface area contributed by atoms with Crippen LogP contribution in [0.3, 0.4) is 0 Å². The molecule has 3 rings (SSSR count). The predicted octanol–water partition coefficient (Wildman–Crippen LogP) is 5.76. The highest BCUT2D eigenvalue weighted by molar-refractivity contribution is 9.10. The number of thiazole rings is 1. The number of fused-ring (bicyclic) bond motifs is 1. The number of benzene rings is 2. The monoisotopic (exact) mass is 352 g/mol. The maximum absolute atomic E-state index is 6.02. The third-order valence-corrected chi connectivity index (χ3v) is 4.45. The first-order valence-electron chi connectivity index (χ1n) is 5.71. The van der Waals surface area contributed by atoms with Crippen molar-refractivity contribution in [3.63, 3.8) is 0 Å². The molecule has 0 amide bonds. The van der Waals surface area contributed by atoms with E-state index in [0.29, 0.717) is 0 Å². The quantitative estimate of drug-likeness (QED) is 0.633. The topological polar surface area (TPSA) is 24.9 Å². The van der Waals surface area contributed by atoms with Crippen LogP contribution >= 0.6 is 38.9 Å². The van der Waals surface area contributed by atoms with Crippen molar-refractivity contribution in [2.75, 3.05) is 5.32 Å². The predicted molar refractivity (Wildman–Crippen MR) is 86.8 cm³/mol. The van der Waals surface area contributed by atoms with Crippen LogP contribution < -0.4 is 5.32 Å². The second kappa shape index (κ2) is 5.12. The van der Waals surface area contributed by atoms with Gasteiger partial charge in [-0.1, -0.05) is 44.9 Å². The van der Waals surface area contributed by atoms with Crippen molar-refractivity contribution in [2.24, 2.45) is 0 Å². The van der Waals surface area contributed by atoms with E-state index in [0.717, 1.165) is 36.1 Å². The molecular weight excluding hydrogens is 344 g/mol. The molecule has 2 nitrogen and oxygen atoms in total. The Balaban J connectivity index is 1.98. The highest BCUT2D eigenvalue weighted by Gasteiger charge is 2.06. The molecule has 0 fully saturated rings. The van der Waals surface area contributed by atoms with Gasteiger partial charge in [0, 0.05) is 15.2 Å². The first kappa shape index (κ1) is 12.9. The Kier molecular flexibility index (Phi) is 3.48. The molecule has 0 aliphatic rings. The summed E-state index contributed by atoms with van der Waals surface area (Å²) in [5.74, 6) is 0. The second-order valence-corrected chi connectivity index (χ2v) is 6.60. The Morgan fingerprint density at radius 3 is 2.89 bits per heavy atom. The maximum Gasteiger partial charge on any atom is 0.188 e. The summed E-state index contributed by atoms with van der Waals surface area (Å²) >= 11 is 11.1. The van der Waals surface area contributed by atoms with E-state index in [1.807, 2.05) is 37.3 Å². The summed E-state index contributed by atoms with van der Waals surface area (Å²) in [5.41, 5.74) is 3.13. The number of nitrogens with one attached hydrogen (secondary N) is 1. The molecule has 0 aliphatic heterocycles. The van der Waals surface area contributed by atoms with Crippen molar-refractivity contribution in [3.05, 3.63) is 51.5 Å². The lowest BCUT2D eigenvalue weighted by Gasteiger charge is -2.06. The largest absolute Gasteiger partial charge is 0.331 e. The molecule has 0 saturated carbocycles. The van der Waals surface area contributed by atoms with Gasteiger partial charge < -0.3 is 5.32 Å². The number of anilines is 2. The average molecular weight is 354 g/mol. The van der Waals surface area contributed by atoms with Crippen LogP contribution in [-0.4, -0.2) is 4.98 Å². The van der Waals surface area contributed by atoms with Crippen molar-refractivity contribution in [1.29, 1.82) is 0 Å². The second-order valence-electron chi connectivity index (χ2n) is 4.22. The normalized spacial score (nSPS) is 10.9. The van der Waals surface area contributed by atoms with Crippen LogP contribution in [0.5, 0.6) is 0 Å². The van der Waals surface area contributed by atoms with Gasteiger partial charge in [0.1, 0.15) is 0 Å². The lowest BCUT2D eigenvalue weighted by molar-refractivity contribution is 1.40. The van der Waals surface area contributed by atoms with E-state index in [4.69, 9.17) is 11.6 Å². The van der Waals surface area contributed by atoms with Crippen molar-refractivity contribution < 1.29 is 0 Å². The molecule has 3 aromatic rings. The Hall–Kier alpha value is -1.10. The highest BCUT2D eigenvalue weighted by atomic mass is 79.9. The zero-order valence-corrected chi connectivity index (χ0v) is 13.2. The molecule has 19 heavy (non-hydrogen) atoms. The molecule has 0 unspecified atom stereocenters. The van der Waals surface area contributed by atoms with E-state index in [1.54, 1.807) is 11.3 Å². The van der Waals surface area contributed by atoms with E-state index >= 15 is 0 Å². The fourth-order valence-corrected chi connectivity index (χ4v) is 3.40. The van der Waals surface area contributed by atoms with Gasteiger partial charge in [-0.2, -0.15) is 0 Å². The Morgan fingerprint density at radius 2 is 2.05 bits per heavy atom. The summed E-state index contributed by atoms with van der Waals surface area (Å²) < 4.78 is 2.21. The summed E-state index contributed by atoms with van der Waals surface area (Å²) in [6, 6.07) is 11.9. The van der Waals surface area contributed by atoms with Gasteiger partial charge in [0.25, 0.3) is 0 Å². The molecule has 0 saturated heterocycles. The van der Waals surface area contributed by atoms with Gasteiger partial charge in [-0.3, -0.25) is 0 Å². The third-order valence-electron chi connectivity index (χ3n) is 2.79. The highest BCUT2D eigenvalue weighted by Crippen LogP contribution is 2.31. The molecule has 1 aromatic heterocycles. The molecule has 0 aliphatic carbocycles. The van der Waals surface area contributed by atoms with Crippen LogP contribution in [-0.2, 0) is 0 Å². The molecule has 5 heteroatoms. The standard InChI is InChI=1S/C14H10BrClN2S/c1-8-2-4-10(16)7-12(8)18-14-17-11-5-3-9(15)6-13(11)19-14/h2-7H,1H3,(H,17,18). The lowest BCUT2D eigenvalue weighted by Crippen LogP contribution is -1.91. The smallest absolute Gasteiger partial charge is 0.188 e. The number of halogens is 2. The molecule has 1 heterocycles. The van der Waals surface area contributed by atoms with Crippen LogP contribution in [0.4, 0.5) is 10.8 Å². The molecule has 0 radical (unpaired) electrons. The van der Waals surface area contributed by atoms with Crippen molar-refractivity contribution in [2.45, 2.75) is 6.92 Å². The fourth-order valence-electron chi connectivity index (χ4n) is 1.80. The van der Waals surface area contributed by atoms with Crippen molar-refractivity contribution >= 4 is 59.9 Å². The zero-order chi connectivity index (χ0) is 13.4. The summed E-state index contributed by atoms with van der Waals surface area (Å²) in [6.45, 7) is 2.04. The van der Waals surface area contributed by atoms with E-state index < -0.39 is 0 Å². The summed E-state index contributed by atoms with van der Waals surface area (Å²) in [4.78, 5) is 4.56. The fraction of sp³-hybridized carbons (Fsp3) is 0.0714. The first-order chi connectivity index (χ1) is 9.11. The van der Waals surface area contributed by atoms with Crippen LogP contribution in [0.25, 0.3) is 10.2 Å². The van der Waals surface area contributed by atoms with Gasteiger partial charge in [0.2, 0.25) is 0 Å². The van der Waals surface area contributed by atoms with E-state index in [2.05, 4.69) is 32.3 Å². The van der Waals surface area contributed by atoms with E-state index in [9.17, 15) is 0 Å². The number of aromatic nitrogens is 1. The zero-order valence-electron chi connectivity index (χ0n) is 10.1. The summed E-state index contributed by atoms with van der Waals surface area (Å²) in [5, 5.41) is 4.92. The minimum atomic E-state index is 0.719. The molecule has 0 bridgehead atoms. The SMILES string of the molecule is Cc1ccc(Cl)cc1Nc1nc2ccc(Br)cc2s1.